The Kier molecular flexibility index (Phi) is 5.69. The summed E-state index contributed by atoms with van der Waals surface area (Å²) in [6.45, 7) is 3.61. The van der Waals surface area contributed by atoms with Crippen molar-refractivity contribution in [2.75, 3.05) is 19.5 Å². The molecule has 0 unspecified atom stereocenters. The van der Waals surface area contributed by atoms with Crippen molar-refractivity contribution in [3.8, 4) is 22.6 Å². The molecule has 0 bridgehead atoms. The van der Waals surface area contributed by atoms with Crippen LogP contribution >= 0.6 is 11.8 Å². The van der Waals surface area contributed by atoms with E-state index in [1.165, 1.54) is 0 Å². The number of pyridine rings is 1. The van der Waals surface area contributed by atoms with Crippen molar-refractivity contribution in [3.63, 3.8) is 0 Å². The number of thioether (sulfide) groups is 1. The lowest BCUT2D eigenvalue weighted by Crippen LogP contribution is -2.02. The first-order valence-corrected chi connectivity index (χ1v) is 10.3. The van der Waals surface area contributed by atoms with Crippen molar-refractivity contribution in [1.29, 1.82) is 0 Å². The number of hydrogen-bond donors (Lipinski definition) is 0. The topological polar surface area (TPSA) is 52.8 Å². The van der Waals surface area contributed by atoms with Crippen LogP contribution in [0.5, 0.6) is 0 Å². The summed E-state index contributed by atoms with van der Waals surface area (Å²) < 4.78 is 7.33. The van der Waals surface area contributed by atoms with Gasteiger partial charge in [-0.2, -0.15) is 0 Å². The summed E-state index contributed by atoms with van der Waals surface area (Å²) in [6, 6.07) is 20.6. The van der Waals surface area contributed by atoms with Crippen LogP contribution in [-0.2, 0) is 11.3 Å². The van der Waals surface area contributed by atoms with Crippen molar-refractivity contribution < 1.29 is 4.74 Å². The van der Waals surface area contributed by atoms with Gasteiger partial charge in [-0.3, -0.25) is 0 Å². The summed E-state index contributed by atoms with van der Waals surface area (Å²) in [5, 5.41) is 11.0. The predicted octanol–water partition coefficient (Wildman–Crippen LogP) is 4.92. The fraction of sp³-hybridized carbons (Fsp3) is 0.227. The standard InChI is InChI=1S/C22H22N4OS/c1-3-26-21(24-25-22(26)28-14-13-27-2)18-15-20(16-9-5-4-6-10-16)23-19-12-8-7-11-17(18)19/h4-12,15H,3,13-14H2,1-2H3. The number of rotatable bonds is 7. The molecular weight excluding hydrogens is 368 g/mol. The van der Waals surface area contributed by atoms with E-state index in [1.807, 2.05) is 36.4 Å². The summed E-state index contributed by atoms with van der Waals surface area (Å²) in [5.74, 6) is 1.72. The van der Waals surface area contributed by atoms with E-state index in [0.29, 0.717) is 6.61 Å². The molecule has 2 aromatic carbocycles. The predicted molar refractivity (Wildman–Crippen MR) is 114 cm³/mol. The Morgan fingerprint density at radius 1 is 1.00 bits per heavy atom. The molecule has 0 radical (unpaired) electrons. The minimum absolute atomic E-state index is 0.687. The van der Waals surface area contributed by atoms with Gasteiger partial charge in [-0.1, -0.05) is 60.3 Å². The Bertz CT molecular complexity index is 1080. The summed E-state index contributed by atoms with van der Waals surface area (Å²) in [6.07, 6.45) is 0. The lowest BCUT2D eigenvalue weighted by molar-refractivity contribution is 0.218. The van der Waals surface area contributed by atoms with E-state index in [-0.39, 0.29) is 0 Å². The summed E-state index contributed by atoms with van der Waals surface area (Å²) in [4.78, 5) is 4.88. The first-order chi connectivity index (χ1) is 13.8. The number of nitrogens with zero attached hydrogens (tertiary/aromatic N) is 4. The van der Waals surface area contributed by atoms with Crippen molar-refractivity contribution in [2.24, 2.45) is 0 Å². The van der Waals surface area contributed by atoms with Gasteiger partial charge in [-0.05, 0) is 19.1 Å². The van der Waals surface area contributed by atoms with Gasteiger partial charge in [0, 0.05) is 35.9 Å². The van der Waals surface area contributed by atoms with E-state index in [9.17, 15) is 0 Å². The Hall–Kier alpha value is -2.70. The minimum Gasteiger partial charge on any atom is -0.384 e. The van der Waals surface area contributed by atoms with Crippen LogP contribution < -0.4 is 0 Å². The molecule has 0 atom stereocenters. The number of ether oxygens (including phenoxy) is 1. The van der Waals surface area contributed by atoms with Gasteiger partial charge in [-0.15, -0.1) is 10.2 Å². The van der Waals surface area contributed by atoms with E-state index < -0.39 is 0 Å². The summed E-state index contributed by atoms with van der Waals surface area (Å²) in [7, 11) is 1.71. The monoisotopic (exact) mass is 390 g/mol. The molecule has 2 heterocycles. The van der Waals surface area contributed by atoms with E-state index in [0.717, 1.165) is 51.0 Å². The second-order valence-corrected chi connectivity index (χ2v) is 7.39. The van der Waals surface area contributed by atoms with Crippen molar-refractivity contribution >= 4 is 22.7 Å². The zero-order chi connectivity index (χ0) is 19.3. The number of methoxy groups -OCH3 is 1. The average molecular weight is 391 g/mol. The number of fused-ring (bicyclic) bond motifs is 1. The van der Waals surface area contributed by atoms with Gasteiger partial charge in [0.2, 0.25) is 0 Å². The third-order valence-corrected chi connectivity index (χ3v) is 5.51. The van der Waals surface area contributed by atoms with E-state index in [2.05, 4.69) is 46.0 Å². The van der Waals surface area contributed by atoms with E-state index >= 15 is 0 Å². The van der Waals surface area contributed by atoms with Crippen molar-refractivity contribution in [1.82, 2.24) is 19.7 Å². The van der Waals surface area contributed by atoms with Gasteiger partial charge in [0.25, 0.3) is 0 Å². The van der Waals surface area contributed by atoms with Crippen molar-refractivity contribution in [3.05, 3.63) is 60.7 Å². The fourth-order valence-corrected chi connectivity index (χ4v) is 4.12. The van der Waals surface area contributed by atoms with Crippen LogP contribution in [0.2, 0.25) is 0 Å². The smallest absolute Gasteiger partial charge is 0.191 e. The maximum absolute atomic E-state index is 5.16. The highest BCUT2D eigenvalue weighted by molar-refractivity contribution is 7.99. The van der Waals surface area contributed by atoms with Crippen LogP contribution in [0.4, 0.5) is 0 Å². The van der Waals surface area contributed by atoms with Gasteiger partial charge in [0.15, 0.2) is 11.0 Å². The zero-order valence-corrected chi connectivity index (χ0v) is 16.8. The molecule has 0 amide bonds. The third kappa shape index (κ3) is 3.66. The molecule has 0 fully saturated rings. The third-order valence-electron chi connectivity index (χ3n) is 4.58. The lowest BCUT2D eigenvalue weighted by Gasteiger charge is -2.11. The maximum Gasteiger partial charge on any atom is 0.191 e. The molecule has 142 valence electrons. The molecule has 0 aliphatic carbocycles. The summed E-state index contributed by atoms with van der Waals surface area (Å²) in [5.41, 5.74) is 4.04. The number of benzene rings is 2. The molecule has 0 aliphatic rings. The molecule has 0 saturated carbocycles. The number of aromatic nitrogens is 4. The maximum atomic E-state index is 5.16. The molecule has 6 heteroatoms. The molecule has 0 aliphatic heterocycles. The van der Waals surface area contributed by atoms with Crippen LogP contribution in [0, 0.1) is 0 Å². The van der Waals surface area contributed by atoms with Crippen LogP contribution in [0.1, 0.15) is 6.92 Å². The Morgan fingerprint density at radius 3 is 2.57 bits per heavy atom. The second kappa shape index (κ2) is 8.54. The van der Waals surface area contributed by atoms with Crippen LogP contribution in [0.3, 0.4) is 0 Å². The van der Waals surface area contributed by atoms with Crippen LogP contribution in [0.15, 0.2) is 65.8 Å². The molecule has 4 aromatic rings. The van der Waals surface area contributed by atoms with Crippen LogP contribution in [0.25, 0.3) is 33.5 Å². The molecule has 4 rings (SSSR count). The first-order valence-electron chi connectivity index (χ1n) is 9.32. The van der Waals surface area contributed by atoms with E-state index in [1.54, 1.807) is 18.9 Å². The fourth-order valence-electron chi connectivity index (χ4n) is 3.21. The van der Waals surface area contributed by atoms with Gasteiger partial charge < -0.3 is 9.30 Å². The molecule has 0 spiro atoms. The number of hydrogen-bond acceptors (Lipinski definition) is 5. The van der Waals surface area contributed by atoms with Gasteiger partial charge >= 0.3 is 0 Å². The molecular formula is C22H22N4OS. The average Bonchev–Trinajstić information content (AvgIpc) is 3.16. The largest absolute Gasteiger partial charge is 0.384 e. The van der Waals surface area contributed by atoms with Gasteiger partial charge in [-0.25, -0.2) is 4.98 Å². The molecule has 0 N–H and O–H groups in total. The highest BCUT2D eigenvalue weighted by Gasteiger charge is 2.17. The zero-order valence-electron chi connectivity index (χ0n) is 16.0. The second-order valence-electron chi connectivity index (χ2n) is 6.33. The van der Waals surface area contributed by atoms with Gasteiger partial charge in [0.1, 0.15) is 0 Å². The molecule has 2 aromatic heterocycles. The van der Waals surface area contributed by atoms with Crippen molar-refractivity contribution in [2.45, 2.75) is 18.6 Å². The molecule has 28 heavy (non-hydrogen) atoms. The van der Waals surface area contributed by atoms with Crippen LogP contribution in [-0.4, -0.2) is 39.2 Å². The molecule has 5 nitrogen and oxygen atoms in total. The first kappa shape index (κ1) is 18.7. The Labute approximate surface area is 168 Å². The number of para-hydroxylation sites is 1. The highest BCUT2D eigenvalue weighted by Crippen LogP contribution is 2.32. The van der Waals surface area contributed by atoms with E-state index in [4.69, 9.17) is 9.72 Å². The SMILES string of the molecule is CCn1c(SCCOC)nnc1-c1cc(-c2ccccc2)nc2ccccc12. The quantitative estimate of drug-likeness (QED) is 0.331. The minimum atomic E-state index is 0.687. The Morgan fingerprint density at radius 2 is 1.79 bits per heavy atom. The molecule has 0 saturated heterocycles. The lowest BCUT2D eigenvalue weighted by atomic mass is 10.0. The normalized spacial score (nSPS) is 11.2. The van der Waals surface area contributed by atoms with Gasteiger partial charge in [0.05, 0.1) is 17.8 Å². The Balaban J connectivity index is 1.86. The summed E-state index contributed by atoms with van der Waals surface area (Å²) >= 11 is 1.67. The highest BCUT2D eigenvalue weighted by atomic mass is 32.2.